The molecule has 0 spiro atoms. The highest BCUT2D eigenvalue weighted by atomic mass is 35.5. The smallest absolute Gasteiger partial charge is 0.0696 e. The van der Waals surface area contributed by atoms with Crippen molar-refractivity contribution < 1.29 is 5.11 Å². The van der Waals surface area contributed by atoms with E-state index in [1.807, 2.05) is 0 Å². The first-order chi connectivity index (χ1) is 13.0. The molecule has 7 atom stereocenters. The molecule has 6 heteroatoms. The molecule has 7 unspecified atom stereocenters. The Labute approximate surface area is 180 Å². The number of halogens is 3. The lowest BCUT2D eigenvalue weighted by Gasteiger charge is -2.51. The molecule has 2 saturated carbocycles. The van der Waals surface area contributed by atoms with Gasteiger partial charge < -0.3 is 15.7 Å². The van der Waals surface area contributed by atoms with E-state index < -0.39 is 0 Å². The summed E-state index contributed by atoms with van der Waals surface area (Å²) in [7, 11) is 0. The summed E-state index contributed by atoms with van der Waals surface area (Å²) in [6.45, 7) is 3.87. The number of unbranched alkanes of at least 4 members (excludes halogenated alkanes) is 1. The van der Waals surface area contributed by atoms with Crippen molar-refractivity contribution in [1.29, 1.82) is 0 Å². The Morgan fingerprint density at radius 3 is 2.41 bits per heavy atom. The molecule has 3 N–H and O–H groups in total. The SMILES string of the molecule is CCCCNCC(O)C1CC(C2CCC(Cl)CC2)NC2CC(Cl)C(Cl)CC21. The average Bonchev–Trinajstić information content (AvgIpc) is 2.66. The van der Waals surface area contributed by atoms with Gasteiger partial charge in [-0.3, -0.25) is 0 Å². The summed E-state index contributed by atoms with van der Waals surface area (Å²) >= 11 is 19.4. The van der Waals surface area contributed by atoms with Crippen LogP contribution in [0.1, 0.15) is 64.7 Å². The van der Waals surface area contributed by atoms with Crippen molar-refractivity contribution in [2.75, 3.05) is 13.1 Å². The maximum atomic E-state index is 11.0. The molecular formula is C21H37Cl3N2O. The van der Waals surface area contributed by atoms with Crippen molar-refractivity contribution in [1.82, 2.24) is 10.6 Å². The molecule has 0 bridgehead atoms. The Balaban J connectivity index is 1.65. The van der Waals surface area contributed by atoms with Gasteiger partial charge in [0.1, 0.15) is 0 Å². The van der Waals surface area contributed by atoms with Gasteiger partial charge in [0.2, 0.25) is 0 Å². The standard InChI is InChI=1S/C21H37Cl3N2O/c1-2-3-8-25-12-21(27)16-10-19(13-4-6-14(22)7-5-13)26-20-11-18(24)17(23)9-15(16)20/h13-21,25-27H,2-12H2,1H3. The van der Waals surface area contributed by atoms with Gasteiger partial charge in [0.05, 0.1) is 16.9 Å². The third-order valence-electron chi connectivity index (χ3n) is 7.22. The van der Waals surface area contributed by atoms with Crippen molar-refractivity contribution >= 4 is 34.8 Å². The summed E-state index contributed by atoms with van der Waals surface area (Å²) in [5, 5.41) is 18.8. The Morgan fingerprint density at radius 2 is 1.70 bits per heavy atom. The minimum absolute atomic E-state index is 0.0145. The number of fused-ring (bicyclic) bond motifs is 1. The van der Waals surface area contributed by atoms with Gasteiger partial charge in [-0.25, -0.2) is 0 Å². The second-order valence-corrected chi connectivity index (χ2v) is 10.8. The molecule has 27 heavy (non-hydrogen) atoms. The van der Waals surface area contributed by atoms with E-state index in [-0.39, 0.29) is 16.9 Å². The number of hydrogen-bond donors (Lipinski definition) is 3. The molecule has 3 fully saturated rings. The number of aliphatic hydroxyl groups is 1. The first-order valence-corrected chi connectivity index (χ1v) is 12.4. The van der Waals surface area contributed by atoms with E-state index in [1.54, 1.807) is 0 Å². The predicted molar refractivity (Wildman–Crippen MR) is 116 cm³/mol. The molecule has 3 rings (SSSR count). The zero-order valence-electron chi connectivity index (χ0n) is 16.6. The average molecular weight is 440 g/mol. The fourth-order valence-corrected chi connectivity index (χ4v) is 6.42. The van der Waals surface area contributed by atoms with Crippen molar-refractivity contribution in [3.63, 3.8) is 0 Å². The second-order valence-electron chi connectivity index (χ2n) is 9.08. The fraction of sp³-hybridized carbons (Fsp3) is 1.00. The van der Waals surface area contributed by atoms with Crippen LogP contribution in [-0.4, -0.2) is 52.5 Å². The van der Waals surface area contributed by atoms with Gasteiger partial charge in [0.15, 0.2) is 0 Å². The van der Waals surface area contributed by atoms with Gasteiger partial charge in [0.25, 0.3) is 0 Å². The second kappa shape index (κ2) is 10.7. The molecule has 0 aromatic rings. The summed E-state index contributed by atoms with van der Waals surface area (Å²) in [5.74, 6) is 1.40. The Bertz CT molecular complexity index is 447. The Kier molecular flexibility index (Phi) is 8.88. The highest BCUT2D eigenvalue weighted by Gasteiger charge is 2.47. The van der Waals surface area contributed by atoms with Gasteiger partial charge in [0, 0.05) is 24.0 Å². The van der Waals surface area contributed by atoms with Crippen LogP contribution in [0.4, 0.5) is 0 Å². The third-order valence-corrected chi connectivity index (χ3v) is 8.75. The van der Waals surface area contributed by atoms with E-state index in [0.29, 0.717) is 41.8 Å². The first kappa shape index (κ1) is 22.4. The molecule has 1 aliphatic heterocycles. The zero-order chi connectivity index (χ0) is 19.4. The third kappa shape index (κ3) is 5.89. The largest absolute Gasteiger partial charge is 0.392 e. The Morgan fingerprint density at radius 1 is 1.00 bits per heavy atom. The summed E-state index contributed by atoms with van der Waals surface area (Å²) in [6.07, 6.45) is 9.53. The summed E-state index contributed by atoms with van der Waals surface area (Å²) in [5.41, 5.74) is 0. The molecule has 3 nitrogen and oxygen atoms in total. The van der Waals surface area contributed by atoms with Crippen molar-refractivity contribution in [3.05, 3.63) is 0 Å². The molecule has 0 radical (unpaired) electrons. The first-order valence-electron chi connectivity index (χ1n) is 11.1. The number of hydrogen-bond acceptors (Lipinski definition) is 3. The molecule has 0 aromatic carbocycles. The van der Waals surface area contributed by atoms with Crippen LogP contribution in [-0.2, 0) is 0 Å². The van der Waals surface area contributed by atoms with Gasteiger partial charge in [-0.2, -0.15) is 0 Å². The minimum atomic E-state index is -0.306. The highest BCUT2D eigenvalue weighted by Crippen LogP contribution is 2.44. The van der Waals surface area contributed by atoms with Crippen LogP contribution in [0.2, 0.25) is 0 Å². The molecule has 1 heterocycles. The molecule has 3 aliphatic rings. The molecule has 1 saturated heterocycles. The monoisotopic (exact) mass is 438 g/mol. The van der Waals surface area contributed by atoms with E-state index in [1.165, 1.54) is 19.3 Å². The maximum Gasteiger partial charge on any atom is 0.0696 e. The minimum Gasteiger partial charge on any atom is -0.392 e. The normalized spacial score (nSPS) is 43.9. The molecule has 0 aromatic heterocycles. The lowest BCUT2D eigenvalue weighted by atomic mass is 9.66. The zero-order valence-corrected chi connectivity index (χ0v) is 18.8. The van der Waals surface area contributed by atoms with E-state index in [0.717, 1.165) is 45.1 Å². The maximum absolute atomic E-state index is 11.0. The van der Waals surface area contributed by atoms with Crippen LogP contribution in [0.3, 0.4) is 0 Å². The fourth-order valence-electron chi connectivity index (χ4n) is 5.57. The molecular weight excluding hydrogens is 403 g/mol. The van der Waals surface area contributed by atoms with Crippen LogP contribution in [0.15, 0.2) is 0 Å². The predicted octanol–water partition coefficient (Wildman–Crippen LogP) is 4.51. The quantitative estimate of drug-likeness (QED) is 0.404. The summed E-state index contributed by atoms with van der Waals surface area (Å²) in [6, 6.07) is 0.853. The van der Waals surface area contributed by atoms with Crippen molar-refractivity contribution in [3.8, 4) is 0 Å². The number of alkyl halides is 3. The van der Waals surface area contributed by atoms with E-state index in [2.05, 4.69) is 17.6 Å². The number of rotatable bonds is 7. The van der Waals surface area contributed by atoms with E-state index in [4.69, 9.17) is 34.8 Å². The van der Waals surface area contributed by atoms with Crippen LogP contribution in [0.25, 0.3) is 0 Å². The van der Waals surface area contributed by atoms with Crippen molar-refractivity contribution in [2.45, 2.75) is 99.0 Å². The van der Waals surface area contributed by atoms with Crippen molar-refractivity contribution in [2.24, 2.45) is 17.8 Å². The van der Waals surface area contributed by atoms with Gasteiger partial charge in [-0.05, 0) is 75.7 Å². The topological polar surface area (TPSA) is 44.3 Å². The highest BCUT2D eigenvalue weighted by molar-refractivity contribution is 6.30. The van der Waals surface area contributed by atoms with Crippen LogP contribution >= 0.6 is 34.8 Å². The van der Waals surface area contributed by atoms with Crippen LogP contribution < -0.4 is 10.6 Å². The number of aliphatic hydroxyl groups excluding tert-OH is 1. The summed E-state index contributed by atoms with van der Waals surface area (Å²) < 4.78 is 0. The van der Waals surface area contributed by atoms with E-state index in [9.17, 15) is 5.11 Å². The van der Waals surface area contributed by atoms with Gasteiger partial charge >= 0.3 is 0 Å². The lowest BCUT2D eigenvalue weighted by Crippen LogP contribution is -2.60. The van der Waals surface area contributed by atoms with Gasteiger partial charge in [-0.1, -0.05) is 13.3 Å². The molecule has 0 amide bonds. The number of piperidine rings is 1. The molecule has 158 valence electrons. The lowest BCUT2D eigenvalue weighted by molar-refractivity contribution is -0.00444. The summed E-state index contributed by atoms with van der Waals surface area (Å²) in [4.78, 5) is 0. The van der Waals surface area contributed by atoms with E-state index >= 15 is 0 Å². The Hall–Kier alpha value is 0.750. The van der Waals surface area contributed by atoms with Gasteiger partial charge in [-0.15, -0.1) is 34.8 Å². The number of nitrogens with one attached hydrogen (secondary N) is 2. The molecule has 2 aliphatic carbocycles. The van der Waals surface area contributed by atoms with Crippen LogP contribution in [0.5, 0.6) is 0 Å². The van der Waals surface area contributed by atoms with Crippen LogP contribution in [0, 0.1) is 17.8 Å².